The Kier molecular flexibility index (Phi) is 4.25. The molecule has 1 aliphatic carbocycles. The number of ether oxygens (including phenoxy) is 1. The van der Waals surface area contributed by atoms with E-state index in [4.69, 9.17) is 4.74 Å². The van der Waals surface area contributed by atoms with E-state index in [2.05, 4.69) is 39.7 Å². The molecule has 0 spiro atoms. The highest BCUT2D eigenvalue weighted by atomic mass is 16.5. The topological polar surface area (TPSA) is 27.1 Å². The van der Waals surface area contributed by atoms with Gasteiger partial charge in [0.2, 0.25) is 5.88 Å². The van der Waals surface area contributed by atoms with Crippen molar-refractivity contribution in [3.63, 3.8) is 0 Å². The van der Waals surface area contributed by atoms with Crippen LogP contribution in [0.3, 0.4) is 0 Å². The summed E-state index contributed by atoms with van der Waals surface area (Å²) >= 11 is 0. The lowest BCUT2D eigenvalue weighted by Gasteiger charge is -2.24. The van der Waals surface area contributed by atoms with E-state index < -0.39 is 0 Å². The van der Waals surface area contributed by atoms with Gasteiger partial charge in [-0.15, -0.1) is 0 Å². The van der Waals surface area contributed by atoms with Crippen LogP contribution in [0.15, 0.2) is 36.5 Å². The van der Waals surface area contributed by atoms with E-state index in [0.717, 1.165) is 11.4 Å². The molecule has 2 heterocycles. The van der Waals surface area contributed by atoms with Crippen molar-refractivity contribution in [3.8, 4) is 17.7 Å². The van der Waals surface area contributed by atoms with Crippen LogP contribution in [0.5, 0.6) is 5.88 Å². The normalized spacial score (nSPS) is 15.3. The van der Waals surface area contributed by atoms with Crippen molar-refractivity contribution in [3.05, 3.63) is 47.9 Å². The molecule has 0 amide bonds. The van der Waals surface area contributed by atoms with Crippen LogP contribution in [0.1, 0.15) is 49.5 Å². The smallest absolute Gasteiger partial charge is 0.214 e. The standard InChI is InChI=1S/C18H20N2O/c1-21-18-11-5-7-15(19-18)12-13-17-10-6-14-20(17)16-8-3-2-4-9-16/h5-7,10-11,14,16H,2-4,8-9H2,1H3. The van der Waals surface area contributed by atoms with Crippen LogP contribution in [0.2, 0.25) is 0 Å². The van der Waals surface area contributed by atoms with Crippen molar-refractivity contribution in [1.29, 1.82) is 0 Å². The zero-order valence-corrected chi connectivity index (χ0v) is 12.4. The second kappa shape index (κ2) is 6.49. The van der Waals surface area contributed by atoms with E-state index in [9.17, 15) is 0 Å². The maximum atomic E-state index is 5.13. The summed E-state index contributed by atoms with van der Waals surface area (Å²) in [6.07, 6.45) is 8.70. The molecule has 0 saturated heterocycles. The molecule has 0 bridgehead atoms. The molecule has 1 aliphatic rings. The number of hydrogen-bond acceptors (Lipinski definition) is 2. The lowest BCUT2D eigenvalue weighted by Crippen LogP contribution is -2.13. The van der Waals surface area contributed by atoms with Gasteiger partial charge in [0.05, 0.1) is 12.8 Å². The molecule has 1 fully saturated rings. The second-order valence-corrected chi connectivity index (χ2v) is 5.41. The Morgan fingerprint density at radius 2 is 1.95 bits per heavy atom. The van der Waals surface area contributed by atoms with Gasteiger partial charge in [-0.2, -0.15) is 0 Å². The van der Waals surface area contributed by atoms with Crippen LogP contribution in [-0.4, -0.2) is 16.7 Å². The van der Waals surface area contributed by atoms with Crippen molar-refractivity contribution in [2.24, 2.45) is 0 Å². The molecule has 0 N–H and O–H groups in total. The van der Waals surface area contributed by atoms with Gasteiger partial charge in [0.15, 0.2) is 0 Å². The summed E-state index contributed by atoms with van der Waals surface area (Å²) < 4.78 is 7.45. The summed E-state index contributed by atoms with van der Waals surface area (Å²) in [5.74, 6) is 6.99. The Labute approximate surface area is 126 Å². The van der Waals surface area contributed by atoms with Gasteiger partial charge in [-0.25, -0.2) is 4.98 Å². The summed E-state index contributed by atoms with van der Waals surface area (Å²) in [6, 6.07) is 10.4. The van der Waals surface area contributed by atoms with Crippen LogP contribution in [0, 0.1) is 11.8 Å². The molecule has 0 unspecified atom stereocenters. The molecule has 0 aliphatic heterocycles. The largest absolute Gasteiger partial charge is 0.481 e. The second-order valence-electron chi connectivity index (χ2n) is 5.41. The molecule has 3 rings (SSSR count). The van der Waals surface area contributed by atoms with E-state index in [-0.39, 0.29) is 0 Å². The summed E-state index contributed by atoms with van der Waals surface area (Å²) in [4.78, 5) is 4.33. The van der Waals surface area contributed by atoms with Crippen LogP contribution in [-0.2, 0) is 0 Å². The zero-order chi connectivity index (χ0) is 14.5. The Morgan fingerprint density at radius 3 is 2.76 bits per heavy atom. The summed E-state index contributed by atoms with van der Waals surface area (Å²) in [7, 11) is 1.62. The van der Waals surface area contributed by atoms with Crippen molar-refractivity contribution in [1.82, 2.24) is 9.55 Å². The third-order valence-corrected chi connectivity index (χ3v) is 4.00. The predicted molar refractivity (Wildman–Crippen MR) is 83.3 cm³/mol. The summed E-state index contributed by atoms with van der Waals surface area (Å²) in [5.41, 5.74) is 1.82. The maximum Gasteiger partial charge on any atom is 0.214 e. The van der Waals surface area contributed by atoms with Gasteiger partial charge < -0.3 is 9.30 Å². The molecule has 2 aromatic rings. The van der Waals surface area contributed by atoms with E-state index >= 15 is 0 Å². The number of pyridine rings is 1. The molecule has 3 nitrogen and oxygen atoms in total. The number of methoxy groups -OCH3 is 1. The van der Waals surface area contributed by atoms with Gasteiger partial charge >= 0.3 is 0 Å². The molecule has 2 aromatic heterocycles. The van der Waals surface area contributed by atoms with Gasteiger partial charge in [0.1, 0.15) is 5.69 Å². The minimum atomic E-state index is 0.601. The van der Waals surface area contributed by atoms with Crippen molar-refractivity contribution in [2.45, 2.75) is 38.1 Å². The maximum absolute atomic E-state index is 5.13. The lowest BCUT2D eigenvalue weighted by molar-refractivity contribution is 0.352. The first-order valence-electron chi connectivity index (χ1n) is 7.57. The first-order chi connectivity index (χ1) is 10.4. The highest BCUT2D eigenvalue weighted by Crippen LogP contribution is 2.29. The van der Waals surface area contributed by atoms with Crippen LogP contribution < -0.4 is 4.74 Å². The fourth-order valence-electron chi connectivity index (χ4n) is 2.90. The number of nitrogens with zero attached hydrogens (tertiary/aromatic N) is 2. The van der Waals surface area contributed by atoms with Crippen molar-refractivity contribution < 1.29 is 4.74 Å². The molecule has 1 saturated carbocycles. The van der Waals surface area contributed by atoms with Gasteiger partial charge in [-0.1, -0.05) is 25.3 Å². The van der Waals surface area contributed by atoms with Gasteiger partial charge in [0.25, 0.3) is 0 Å². The first-order valence-corrected chi connectivity index (χ1v) is 7.57. The predicted octanol–water partition coefficient (Wildman–Crippen LogP) is 3.80. The molecular formula is C18H20N2O. The fourth-order valence-corrected chi connectivity index (χ4v) is 2.90. The Bertz CT molecular complexity index is 657. The van der Waals surface area contributed by atoms with Crippen LogP contribution in [0.4, 0.5) is 0 Å². The van der Waals surface area contributed by atoms with Gasteiger partial charge in [0, 0.05) is 18.3 Å². The molecule has 0 aromatic carbocycles. The molecule has 108 valence electrons. The summed E-state index contributed by atoms with van der Waals surface area (Å²) in [6.45, 7) is 0. The van der Waals surface area contributed by atoms with Crippen molar-refractivity contribution >= 4 is 0 Å². The molecule has 0 atom stereocenters. The Hall–Kier alpha value is -2.21. The quantitative estimate of drug-likeness (QED) is 0.782. The van der Waals surface area contributed by atoms with Crippen LogP contribution >= 0.6 is 0 Å². The van der Waals surface area contributed by atoms with E-state index in [0.29, 0.717) is 11.9 Å². The number of hydrogen-bond donors (Lipinski definition) is 0. The third-order valence-electron chi connectivity index (χ3n) is 4.00. The minimum Gasteiger partial charge on any atom is -0.481 e. The SMILES string of the molecule is COc1cccc(C#Cc2cccn2C2CCCCC2)n1. The highest BCUT2D eigenvalue weighted by molar-refractivity contribution is 5.38. The molecule has 0 radical (unpaired) electrons. The summed E-state index contributed by atoms with van der Waals surface area (Å²) in [5, 5.41) is 0. The van der Waals surface area contributed by atoms with Gasteiger partial charge in [-0.3, -0.25) is 0 Å². The Morgan fingerprint density at radius 1 is 1.10 bits per heavy atom. The minimum absolute atomic E-state index is 0.601. The average molecular weight is 280 g/mol. The fraction of sp³-hybridized carbons (Fsp3) is 0.389. The van der Waals surface area contributed by atoms with Crippen molar-refractivity contribution in [2.75, 3.05) is 7.11 Å². The molecular weight excluding hydrogens is 260 g/mol. The van der Waals surface area contributed by atoms with E-state index in [1.54, 1.807) is 7.11 Å². The monoisotopic (exact) mass is 280 g/mol. The molecule has 21 heavy (non-hydrogen) atoms. The zero-order valence-electron chi connectivity index (χ0n) is 12.4. The average Bonchev–Trinajstić information content (AvgIpc) is 3.02. The van der Waals surface area contributed by atoms with Gasteiger partial charge in [-0.05, 0) is 42.9 Å². The number of rotatable bonds is 2. The Balaban J connectivity index is 1.82. The van der Waals surface area contributed by atoms with Crippen LogP contribution in [0.25, 0.3) is 0 Å². The third kappa shape index (κ3) is 3.28. The lowest BCUT2D eigenvalue weighted by atomic mass is 9.95. The molecule has 3 heteroatoms. The van der Waals surface area contributed by atoms with E-state index in [1.165, 1.54) is 32.1 Å². The highest BCUT2D eigenvalue weighted by Gasteiger charge is 2.16. The first kappa shape index (κ1) is 13.8. The van der Waals surface area contributed by atoms with E-state index in [1.807, 2.05) is 18.2 Å². The number of aromatic nitrogens is 2.